The Morgan fingerprint density at radius 2 is 1.55 bits per heavy atom. The summed E-state index contributed by atoms with van der Waals surface area (Å²) >= 11 is 0. The molecule has 0 radical (unpaired) electrons. The lowest BCUT2D eigenvalue weighted by Crippen LogP contribution is -1.47. The fourth-order valence-electron chi connectivity index (χ4n) is 0.254. The van der Waals surface area contributed by atoms with Gasteiger partial charge in [0.25, 0.3) is 0 Å². The van der Waals surface area contributed by atoms with Crippen LogP contribution in [0.2, 0.25) is 0 Å². The van der Waals surface area contributed by atoms with Crippen LogP contribution in [0.3, 0.4) is 0 Å². The van der Waals surface area contributed by atoms with E-state index in [-0.39, 0.29) is 0 Å². The SMILES string of the molecule is C=C/C=C\C=C/C.CCCC. The summed E-state index contributed by atoms with van der Waals surface area (Å²) in [5.41, 5.74) is 0. The first-order valence-corrected chi connectivity index (χ1v) is 4.23. The number of allylic oxidation sites excluding steroid dienone is 5. The summed E-state index contributed by atoms with van der Waals surface area (Å²) < 4.78 is 0. The molecule has 0 aliphatic rings. The molecule has 0 aromatic carbocycles. The van der Waals surface area contributed by atoms with Crippen molar-refractivity contribution in [3.8, 4) is 0 Å². The van der Waals surface area contributed by atoms with Crippen molar-refractivity contribution in [2.45, 2.75) is 33.6 Å². The Labute approximate surface area is 71.3 Å². The fourth-order valence-corrected chi connectivity index (χ4v) is 0.254. The summed E-state index contributed by atoms with van der Waals surface area (Å²) in [6, 6.07) is 0. The zero-order valence-electron chi connectivity index (χ0n) is 8.01. The van der Waals surface area contributed by atoms with E-state index in [1.54, 1.807) is 6.08 Å². The third kappa shape index (κ3) is 27.0. The lowest BCUT2D eigenvalue weighted by atomic mass is 10.4. The molecular formula is C11H20. The second-order valence-corrected chi connectivity index (χ2v) is 2.15. The molecule has 0 atom stereocenters. The second kappa shape index (κ2) is 16.1. The maximum absolute atomic E-state index is 3.51. The standard InChI is InChI=1S/C7H10.C4H10/c1-3-5-7-6-4-2;1-3-4-2/h3-7H,1H2,2H3;3-4H2,1-2H3/b6-4-,7-5-;. The molecule has 0 rings (SSSR count). The van der Waals surface area contributed by atoms with E-state index in [1.807, 2.05) is 31.2 Å². The highest BCUT2D eigenvalue weighted by Gasteiger charge is 1.56. The third-order valence-electron chi connectivity index (χ3n) is 1.05. The molecule has 0 unspecified atom stereocenters. The minimum absolute atomic E-state index is 1.32. The summed E-state index contributed by atoms with van der Waals surface area (Å²) in [4.78, 5) is 0. The first-order chi connectivity index (χ1) is 5.33. The van der Waals surface area contributed by atoms with Crippen molar-refractivity contribution in [2.75, 3.05) is 0 Å². The molecule has 0 spiro atoms. The molecule has 0 saturated heterocycles. The van der Waals surface area contributed by atoms with Crippen molar-refractivity contribution in [1.29, 1.82) is 0 Å². The monoisotopic (exact) mass is 152 g/mol. The van der Waals surface area contributed by atoms with Gasteiger partial charge in [0.15, 0.2) is 0 Å². The van der Waals surface area contributed by atoms with Crippen LogP contribution >= 0.6 is 0 Å². The molecule has 0 aliphatic carbocycles. The van der Waals surface area contributed by atoms with Crippen molar-refractivity contribution in [2.24, 2.45) is 0 Å². The number of unbranched alkanes of at least 4 members (excludes halogenated alkanes) is 1. The zero-order chi connectivity index (χ0) is 8.95. The topological polar surface area (TPSA) is 0 Å². The van der Waals surface area contributed by atoms with Gasteiger partial charge in [-0.15, -0.1) is 0 Å². The van der Waals surface area contributed by atoms with Crippen molar-refractivity contribution in [1.82, 2.24) is 0 Å². The van der Waals surface area contributed by atoms with Crippen LogP contribution in [-0.2, 0) is 0 Å². The molecule has 0 aliphatic heterocycles. The number of hydrogen-bond acceptors (Lipinski definition) is 0. The fraction of sp³-hybridized carbons (Fsp3) is 0.455. The summed E-state index contributed by atoms with van der Waals surface area (Å²) in [6.45, 7) is 9.85. The summed E-state index contributed by atoms with van der Waals surface area (Å²) in [5, 5.41) is 0. The van der Waals surface area contributed by atoms with Crippen LogP contribution in [0.25, 0.3) is 0 Å². The molecule has 0 amide bonds. The Hall–Kier alpha value is -0.780. The van der Waals surface area contributed by atoms with E-state index in [0.29, 0.717) is 0 Å². The van der Waals surface area contributed by atoms with E-state index < -0.39 is 0 Å². The molecular weight excluding hydrogens is 132 g/mol. The Kier molecular flexibility index (Phi) is 18.8. The van der Waals surface area contributed by atoms with Gasteiger partial charge in [-0.2, -0.15) is 0 Å². The van der Waals surface area contributed by atoms with E-state index in [2.05, 4.69) is 20.4 Å². The molecule has 0 fully saturated rings. The number of rotatable bonds is 3. The molecule has 0 nitrogen and oxygen atoms in total. The lowest BCUT2D eigenvalue weighted by molar-refractivity contribution is 0.886. The van der Waals surface area contributed by atoms with Crippen LogP contribution in [0.15, 0.2) is 37.0 Å². The Morgan fingerprint density at radius 3 is 1.82 bits per heavy atom. The average molecular weight is 152 g/mol. The molecule has 0 saturated carbocycles. The summed E-state index contributed by atoms with van der Waals surface area (Å²) in [7, 11) is 0. The van der Waals surface area contributed by atoms with Crippen molar-refractivity contribution in [3.05, 3.63) is 37.0 Å². The van der Waals surface area contributed by atoms with Gasteiger partial charge in [-0.05, 0) is 6.92 Å². The van der Waals surface area contributed by atoms with Crippen molar-refractivity contribution >= 4 is 0 Å². The van der Waals surface area contributed by atoms with E-state index in [0.717, 1.165) is 0 Å². The highest BCUT2D eigenvalue weighted by atomic mass is 13.6. The van der Waals surface area contributed by atoms with Crippen LogP contribution in [0.5, 0.6) is 0 Å². The predicted octanol–water partition coefficient (Wildman–Crippen LogP) is 4.11. The number of hydrogen-bond donors (Lipinski definition) is 0. The molecule has 0 aromatic rings. The molecule has 0 aromatic heterocycles. The highest BCUT2D eigenvalue weighted by molar-refractivity contribution is 5.07. The van der Waals surface area contributed by atoms with Crippen molar-refractivity contribution < 1.29 is 0 Å². The minimum atomic E-state index is 1.32. The third-order valence-corrected chi connectivity index (χ3v) is 1.05. The Morgan fingerprint density at radius 1 is 1.00 bits per heavy atom. The summed E-state index contributed by atoms with van der Waals surface area (Å²) in [6.07, 6.45) is 12.1. The van der Waals surface area contributed by atoms with Crippen LogP contribution in [0.1, 0.15) is 33.6 Å². The average Bonchev–Trinajstić information content (AvgIpc) is 2.06. The zero-order valence-corrected chi connectivity index (χ0v) is 8.01. The normalized spacial score (nSPS) is 9.73. The largest absolute Gasteiger partial charge is 0.0991 e. The van der Waals surface area contributed by atoms with E-state index in [1.165, 1.54) is 12.8 Å². The lowest BCUT2D eigenvalue weighted by Gasteiger charge is -1.68. The molecule has 0 heteroatoms. The van der Waals surface area contributed by atoms with Gasteiger partial charge < -0.3 is 0 Å². The van der Waals surface area contributed by atoms with E-state index in [9.17, 15) is 0 Å². The van der Waals surface area contributed by atoms with Gasteiger partial charge in [-0.25, -0.2) is 0 Å². The quantitative estimate of drug-likeness (QED) is 0.534. The van der Waals surface area contributed by atoms with Gasteiger partial charge in [0, 0.05) is 0 Å². The first-order valence-electron chi connectivity index (χ1n) is 4.23. The molecule has 0 bridgehead atoms. The smallest absolute Gasteiger partial charge is 0.0467 e. The van der Waals surface area contributed by atoms with Crippen LogP contribution in [0.4, 0.5) is 0 Å². The van der Waals surface area contributed by atoms with Gasteiger partial charge in [0.05, 0.1) is 0 Å². The highest BCUT2D eigenvalue weighted by Crippen LogP contribution is 1.76. The minimum Gasteiger partial charge on any atom is -0.0991 e. The van der Waals surface area contributed by atoms with Crippen molar-refractivity contribution in [3.63, 3.8) is 0 Å². The van der Waals surface area contributed by atoms with Gasteiger partial charge in [0.2, 0.25) is 0 Å². The summed E-state index contributed by atoms with van der Waals surface area (Å²) in [5.74, 6) is 0. The molecule has 64 valence electrons. The molecule has 11 heavy (non-hydrogen) atoms. The second-order valence-electron chi connectivity index (χ2n) is 2.15. The Bertz CT molecular complexity index is 105. The first kappa shape index (κ1) is 12.9. The van der Waals surface area contributed by atoms with Gasteiger partial charge in [-0.3, -0.25) is 0 Å². The van der Waals surface area contributed by atoms with Crippen LogP contribution < -0.4 is 0 Å². The van der Waals surface area contributed by atoms with E-state index in [4.69, 9.17) is 0 Å². The van der Waals surface area contributed by atoms with Gasteiger partial charge in [-0.1, -0.05) is 63.6 Å². The predicted molar refractivity (Wildman–Crippen MR) is 54.7 cm³/mol. The maximum Gasteiger partial charge on any atom is -0.0467 e. The van der Waals surface area contributed by atoms with Crippen LogP contribution in [0, 0.1) is 0 Å². The Balaban J connectivity index is 0. The van der Waals surface area contributed by atoms with E-state index >= 15 is 0 Å². The molecule has 0 heterocycles. The molecule has 0 N–H and O–H groups in total. The maximum atomic E-state index is 3.51. The van der Waals surface area contributed by atoms with Crippen LogP contribution in [-0.4, -0.2) is 0 Å². The van der Waals surface area contributed by atoms with Gasteiger partial charge in [0.1, 0.15) is 0 Å². The van der Waals surface area contributed by atoms with Gasteiger partial charge >= 0.3 is 0 Å².